The molecule has 0 radical (unpaired) electrons. The summed E-state index contributed by atoms with van der Waals surface area (Å²) in [4.78, 5) is 8.92. The van der Waals surface area contributed by atoms with Gasteiger partial charge in [-0.1, -0.05) is 38.5 Å². The average molecular weight is 252 g/mol. The molecule has 0 spiro atoms. The molecule has 0 aliphatic heterocycles. The van der Waals surface area contributed by atoms with Gasteiger partial charge in [0, 0.05) is 6.61 Å². The molecular weight excluding hydrogens is 224 g/mol. The van der Waals surface area contributed by atoms with Crippen LogP contribution in [0.5, 0.6) is 0 Å². The molecule has 3 heteroatoms. The van der Waals surface area contributed by atoms with Crippen molar-refractivity contribution in [2.45, 2.75) is 83.2 Å². The average Bonchev–Trinajstić information content (AvgIpc) is 2.42. The van der Waals surface area contributed by atoms with Crippen molar-refractivity contribution in [1.29, 1.82) is 0 Å². The molecule has 0 aromatic carbocycles. The van der Waals surface area contributed by atoms with Gasteiger partial charge in [-0.05, 0) is 32.6 Å². The van der Waals surface area contributed by atoms with Crippen LogP contribution in [0.4, 0.5) is 0 Å². The smallest absolute Gasteiger partial charge is 0.0898 e. The Kier molecular flexibility index (Phi) is 8.79. The Balaban J connectivity index is 0.000000492. The molecule has 2 aliphatic rings. The summed E-state index contributed by atoms with van der Waals surface area (Å²) in [5.74, 6) is 0. The lowest BCUT2D eigenvalue weighted by atomic mass is 9.96. The van der Waals surface area contributed by atoms with E-state index in [1.165, 1.54) is 64.2 Å². The van der Waals surface area contributed by atoms with Crippen molar-refractivity contribution < 1.29 is 5.11 Å². The number of aliphatic hydroxyl groups excluding tert-OH is 1. The van der Waals surface area contributed by atoms with Gasteiger partial charge >= 0.3 is 0 Å². The van der Waals surface area contributed by atoms with Crippen LogP contribution in [0.1, 0.15) is 71.1 Å². The summed E-state index contributed by atoms with van der Waals surface area (Å²) in [6.45, 7) is 1.93. The fraction of sp³-hybridized carbons (Fsp3) is 0.933. The van der Waals surface area contributed by atoms with Gasteiger partial charge in [-0.15, -0.1) is 0 Å². The Bertz CT molecular complexity index is 225. The van der Waals surface area contributed by atoms with Crippen LogP contribution in [0.25, 0.3) is 0 Å². The highest BCUT2D eigenvalue weighted by Gasteiger charge is 2.12. The quantitative estimate of drug-likeness (QED) is 0.746. The molecule has 2 rings (SSSR count). The van der Waals surface area contributed by atoms with Crippen LogP contribution < -0.4 is 0 Å². The molecule has 104 valence electrons. The minimum absolute atomic E-state index is 0.250. The molecule has 0 bridgehead atoms. The summed E-state index contributed by atoms with van der Waals surface area (Å²) in [7, 11) is 0. The number of rotatable bonds is 2. The van der Waals surface area contributed by atoms with Crippen molar-refractivity contribution in [2.75, 3.05) is 6.61 Å². The Labute approximate surface area is 111 Å². The second-order valence-electron chi connectivity index (χ2n) is 5.26. The second kappa shape index (κ2) is 10.3. The van der Waals surface area contributed by atoms with Gasteiger partial charge in [-0.2, -0.15) is 0 Å². The Hall–Kier alpha value is -0.660. The number of aliphatic hydroxyl groups is 1. The lowest BCUT2D eigenvalue weighted by Gasteiger charge is -2.17. The minimum Gasteiger partial charge on any atom is -0.397 e. The van der Waals surface area contributed by atoms with Gasteiger partial charge in [-0.3, -0.25) is 0 Å². The van der Waals surface area contributed by atoms with Crippen LogP contribution in [0.2, 0.25) is 0 Å². The van der Waals surface area contributed by atoms with Gasteiger partial charge < -0.3 is 5.11 Å². The first-order chi connectivity index (χ1) is 8.86. The predicted molar refractivity (Wildman–Crippen MR) is 76.4 cm³/mol. The maximum Gasteiger partial charge on any atom is 0.0898 e. The molecule has 3 nitrogen and oxygen atoms in total. The summed E-state index contributed by atoms with van der Waals surface area (Å²) in [6.07, 6.45) is 13.2. The van der Waals surface area contributed by atoms with Crippen LogP contribution in [-0.2, 0) is 0 Å². The zero-order valence-corrected chi connectivity index (χ0v) is 11.8. The van der Waals surface area contributed by atoms with Crippen LogP contribution in [0, 0.1) is 0 Å². The molecule has 0 unspecified atom stereocenters. The SMILES string of the molecule is C(=NC1CCCCC1)=NC1CCCCC1.CCO. The molecule has 2 saturated carbocycles. The first-order valence-corrected chi connectivity index (χ1v) is 7.62. The van der Waals surface area contributed by atoms with Crippen molar-refractivity contribution in [3.63, 3.8) is 0 Å². The van der Waals surface area contributed by atoms with E-state index in [1.807, 2.05) is 0 Å². The topological polar surface area (TPSA) is 45.0 Å². The Morgan fingerprint density at radius 3 is 1.50 bits per heavy atom. The molecule has 0 atom stereocenters. The summed E-state index contributed by atoms with van der Waals surface area (Å²) in [6, 6.07) is 4.04. The maximum atomic E-state index is 7.57. The fourth-order valence-corrected chi connectivity index (χ4v) is 2.62. The van der Waals surface area contributed by atoms with Crippen LogP contribution >= 0.6 is 0 Å². The van der Waals surface area contributed by atoms with E-state index in [9.17, 15) is 0 Å². The number of nitrogens with zero attached hydrogens (tertiary/aromatic N) is 2. The lowest BCUT2D eigenvalue weighted by molar-refractivity contribution is 0.318. The fourth-order valence-electron chi connectivity index (χ4n) is 2.62. The first kappa shape index (κ1) is 15.4. The summed E-state index contributed by atoms with van der Waals surface area (Å²) in [5.41, 5.74) is 0. The first-order valence-electron chi connectivity index (χ1n) is 7.62. The third-order valence-electron chi connectivity index (χ3n) is 3.63. The van der Waals surface area contributed by atoms with E-state index >= 15 is 0 Å². The largest absolute Gasteiger partial charge is 0.397 e. The van der Waals surface area contributed by atoms with E-state index in [1.54, 1.807) is 6.92 Å². The van der Waals surface area contributed by atoms with E-state index in [-0.39, 0.29) is 6.61 Å². The monoisotopic (exact) mass is 252 g/mol. The molecule has 18 heavy (non-hydrogen) atoms. The molecule has 0 aromatic heterocycles. The van der Waals surface area contributed by atoms with Crippen molar-refractivity contribution in [3.8, 4) is 0 Å². The summed E-state index contributed by atoms with van der Waals surface area (Å²) in [5, 5.41) is 7.57. The maximum absolute atomic E-state index is 7.57. The van der Waals surface area contributed by atoms with Crippen LogP contribution in [0.3, 0.4) is 0 Å². The number of hydrogen-bond acceptors (Lipinski definition) is 3. The van der Waals surface area contributed by atoms with Gasteiger partial charge in [0.25, 0.3) is 0 Å². The second-order valence-corrected chi connectivity index (χ2v) is 5.26. The van der Waals surface area contributed by atoms with E-state index < -0.39 is 0 Å². The van der Waals surface area contributed by atoms with Crippen LogP contribution in [0.15, 0.2) is 9.98 Å². The predicted octanol–water partition coefficient (Wildman–Crippen LogP) is 3.82. The van der Waals surface area contributed by atoms with Crippen molar-refractivity contribution >= 4 is 6.01 Å². The summed E-state index contributed by atoms with van der Waals surface area (Å²) >= 11 is 0. The Morgan fingerprint density at radius 1 is 0.833 bits per heavy atom. The highest BCUT2D eigenvalue weighted by molar-refractivity contribution is 5.42. The molecule has 2 aliphatic carbocycles. The van der Waals surface area contributed by atoms with Gasteiger partial charge in [0.1, 0.15) is 0 Å². The third-order valence-corrected chi connectivity index (χ3v) is 3.63. The van der Waals surface area contributed by atoms with Gasteiger partial charge in [-0.25, -0.2) is 9.98 Å². The van der Waals surface area contributed by atoms with E-state index in [0.29, 0.717) is 12.1 Å². The molecule has 0 heterocycles. The molecule has 0 amide bonds. The standard InChI is InChI=1S/C13H22N2.C2H6O/c1-3-7-12(8-4-1)14-11-15-13-9-5-2-6-10-13;1-2-3/h12-13H,1-10H2;3H,2H2,1H3. The third kappa shape index (κ3) is 6.93. The molecule has 0 saturated heterocycles. The summed E-state index contributed by atoms with van der Waals surface area (Å²) < 4.78 is 0. The van der Waals surface area contributed by atoms with Gasteiger partial charge in [0.05, 0.1) is 18.1 Å². The van der Waals surface area contributed by atoms with Crippen LogP contribution in [-0.4, -0.2) is 29.8 Å². The lowest BCUT2D eigenvalue weighted by Crippen LogP contribution is -2.10. The molecular formula is C15H28N2O. The van der Waals surface area contributed by atoms with Crippen molar-refractivity contribution in [1.82, 2.24) is 0 Å². The van der Waals surface area contributed by atoms with E-state index in [4.69, 9.17) is 5.11 Å². The molecule has 0 aromatic rings. The normalized spacial score (nSPS) is 21.4. The van der Waals surface area contributed by atoms with E-state index in [2.05, 4.69) is 16.0 Å². The number of hydrogen-bond donors (Lipinski definition) is 1. The Morgan fingerprint density at radius 2 is 1.17 bits per heavy atom. The van der Waals surface area contributed by atoms with Gasteiger partial charge in [0.2, 0.25) is 0 Å². The highest BCUT2D eigenvalue weighted by Crippen LogP contribution is 2.21. The number of aliphatic imine (C=N–C) groups is 2. The van der Waals surface area contributed by atoms with E-state index in [0.717, 1.165) is 0 Å². The zero-order chi connectivity index (χ0) is 13.1. The van der Waals surface area contributed by atoms with Crippen molar-refractivity contribution in [3.05, 3.63) is 0 Å². The highest BCUT2D eigenvalue weighted by atomic mass is 16.2. The minimum atomic E-state index is 0.250. The molecule has 2 fully saturated rings. The van der Waals surface area contributed by atoms with Crippen molar-refractivity contribution in [2.24, 2.45) is 9.98 Å². The molecule has 1 N–H and O–H groups in total. The van der Waals surface area contributed by atoms with Gasteiger partial charge in [0.15, 0.2) is 0 Å². The zero-order valence-electron chi connectivity index (χ0n) is 11.8.